The monoisotopic (exact) mass is 257 g/mol. The lowest BCUT2D eigenvalue weighted by Crippen LogP contribution is -2.36. The fourth-order valence-electron chi connectivity index (χ4n) is 2.37. The van der Waals surface area contributed by atoms with Crippen LogP contribution in [0.4, 0.5) is 0 Å². The van der Waals surface area contributed by atoms with E-state index in [0.717, 1.165) is 18.9 Å². The molecular formula is C18H27N. The molecule has 1 aromatic carbocycles. The van der Waals surface area contributed by atoms with Crippen LogP contribution in [0.1, 0.15) is 63.5 Å². The summed E-state index contributed by atoms with van der Waals surface area (Å²) in [6.07, 6.45) is 9.75. The van der Waals surface area contributed by atoms with Crippen LogP contribution in [-0.2, 0) is 0 Å². The Bertz CT molecular complexity index is 404. The molecule has 1 saturated carbocycles. The summed E-state index contributed by atoms with van der Waals surface area (Å²) < 4.78 is 0. The molecule has 1 heteroatoms. The summed E-state index contributed by atoms with van der Waals surface area (Å²) in [5.41, 5.74) is 3.06. The van der Waals surface area contributed by atoms with Gasteiger partial charge in [-0.2, -0.15) is 0 Å². The minimum absolute atomic E-state index is 0.220. The van der Waals surface area contributed by atoms with E-state index in [4.69, 9.17) is 0 Å². The Hall–Kier alpha value is -1.08. The van der Waals surface area contributed by atoms with E-state index in [-0.39, 0.29) is 5.54 Å². The summed E-state index contributed by atoms with van der Waals surface area (Å²) in [5, 5.41) is 3.50. The van der Waals surface area contributed by atoms with E-state index in [9.17, 15) is 0 Å². The van der Waals surface area contributed by atoms with Crippen molar-refractivity contribution >= 4 is 6.08 Å². The zero-order chi connectivity index (χ0) is 13.7. The van der Waals surface area contributed by atoms with Crippen LogP contribution < -0.4 is 5.32 Å². The topological polar surface area (TPSA) is 12.0 Å². The molecule has 0 atom stereocenters. The Labute approximate surface area is 118 Å². The molecule has 0 saturated heterocycles. The van der Waals surface area contributed by atoms with E-state index in [0.29, 0.717) is 0 Å². The molecule has 0 radical (unpaired) electrons. The van der Waals surface area contributed by atoms with Gasteiger partial charge >= 0.3 is 0 Å². The van der Waals surface area contributed by atoms with Gasteiger partial charge in [0.2, 0.25) is 0 Å². The highest BCUT2D eigenvalue weighted by molar-refractivity contribution is 5.50. The molecule has 0 bridgehead atoms. The second kappa shape index (κ2) is 6.38. The summed E-state index contributed by atoms with van der Waals surface area (Å²) in [6.45, 7) is 7.65. The highest BCUT2D eigenvalue weighted by Crippen LogP contribution is 2.36. The van der Waals surface area contributed by atoms with Gasteiger partial charge in [-0.05, 0) is 63.6 Å². The number of nitrogens with one attached hydrogen (secondary N) is 1. The first-order chi connectivity index (χ1) is 9.04. The van der Waals surface area contributed by atoms with Crippen molar-refractivity contribution in [3.8, 4) is 0 Å². The summed E-state index contributed by atoms with van der Waals surface area (Å²) in [7, 11) is 0. The summed E-state index contributed by atoms with van der Waals surface area (Å²) in [5.74, 6) is 0.842. The molecule has 2 rings (SSSR count). The molecule has 1 fully saturated rings. The lowest BCUT2D eigenvalue weighted by molar-refractivity contribution is 0.420. The zero-order valence-electron chi connectivity index (χ0n) is 12.6. The van der Waals surface area contributed by atoms with Gasteiger partial charge in [0.1, 0.15) is 0 Å². The normalized spacial score (nSPS) is 16.8. The van der Waals surface area contributed by atoms with Gasteiger partial charge in [0.25, 0.3) is 0 Å². The van der Waals surface area contributed by atoms with Crippen molar-refractivity contribution in [3.63, 3.8) is 0 Å². The Morgan fingerprint density at radius 1 is 1.16 bits per heavy atom. The molecule has 1 aromatic rings. The number of benzene rings is 1. The Kier molecular flexibility index (Phi) is 4.81. The third-order valence-electron chi connectivity index (χ3n) is 3.79. The van der Waals surface area contributed by atoms with Crippen LogP contribution in [0.3, 0.4) is 0 Å². The quantitative estimate of drug-likeness (QED) is 0.751. The van der Waals surface area contributed by atoms with Gasteiger partial charge in [0.15, 0.2) is 0 Å². The average Bonchev–Trinajstić information content (AvgIpc) is 2.27. The highest BCUT2D eigenvalue weighted by Gasteiger charge is 2.18. The highest BCUT2D eigenvalue weighted by atomic mass is 14.9. The molecule has 104 valence electrons. The van der Waals surface area contributed by atoms with E-state index in [2.05, 4.69) is 62.5 Å². The maximum absolute atomic E-state index is 3.50. The van der Waals surface area contributed by atoms with Gasteiger partial charge in [-0.15, -0.1) is 0 Å². The molecule has 0 spiro atoms. The van der Waals surface area contributed by atoms with Crippen molar-refractivity contribution in [2.75, 3.05) is 6.54 Å². The molecule has 1 nitrogen and oxygen atoms in total. The minimum Gasteiger partial charge on any atom is -0.312 e. The van der Waals surface area contributed by atoms with E-state index in [1.807, 2.05) is 0 Å². The van der Waals surface area contributed by atoms with Gasteiger partial charge in [-0.1, -0.05) is 42.8 Å². The average molecular weight is 257 g/mol. The van der Waals surface area contributed by atoms with E-state index in [1.165, 1.54) is 30.4 Å². The van der Waals surface area contributed by atoms with Gasteiger partial charge in [0.05, 0.1) is 0 Å². The number of hydrogen-bond acceptors (Lipinski definition) is 1. The van der Waals surface area contributed by atoms with Crippen LogP contribution in [0.2, 0.25) is 0 Å². The van der Waals surface area contributed by atoms with Crippen LogP contribution in [0.15, 0.2) is 30.3 Å². The fraction of sp³-hybridized carbons (Fsp3) is 0.556. The zero-order valence-corrected chi connectivity index (χ0v) is 12.6. The van der Waals surface area contributed by atoms with Crippen molar-refractivity contribution in [1.82, 2.24) is 5.32 Å². The minimum atomic E-state index is 0.220. The lowest BCUT2D eigenvalue weighted by atomic mass is 9.80. The van der Waals surface area contributed by atoms with Crippen LogP contribution in [0.5, 0.6) is 0 Å². The predicted octanol–water partition coefficient (Wildman–Crippen LogP) is 4.75. The van der Waals surface area contributed by atoms with Crippen molar-refractivity contribution in [2.45, 2.75) is 57.9 Å². The van der Waals surface area contributed by atoms with E-state index >= 15 is 0 Å². The van der Waals surface area contributed by atoms with Crippen molar-refractivity contribution < 1.29 is 0 Å². The first-order valence-corrected chi connectivity index (χ1v) is 7.56. The van der Waals surface area contributed by atoms with Crippen molar-refractivity contribution in [1.29, 1.82) is 0 Å². The summed E-state index contributed by atoms with van der Waals surface area (Å²) >= 11 is 0. The van der Waals surface area contributed by atoms with Gasteiger partial charge in [0, 0.05) is 5.54 Å². The molecular weight excluding hydrogens is 230 g/mol. The smallest absolute Gasteiger partial charge is 0.00966 e. The Balaban J connectivity index is 1.75. The Morgan fingerprint density at radius 2 is 1.84 bits per heavy atom. The van der Waals surface area contributed by atoms with Crippen LogP contribution in [0.25, 0.3) is 6.08 Å². The van der Waals surface area contributed by atoms with Gasteiger partial charge in [-0.25, -0.2) is 0 Å². The molecule has 1 aliphatic carbocycles. The SMILES string of the molecule is CC(C)(C)NCC/C=C/c1ccc(C2CCC2)cc1. The third-order valence-corrected chi connectivity index (χ3v) is 3.79. The molecule has 0 aliphatic heterocycles. The molecule has 0 heterocycles. The molecule has 1 aliphatic rings. The largest absolute Gasteiger partial charge is 0.312 e. The van der Waals surface area contributed by atoms with E-state index < -0.39 is 0 Å². The second-order valence-corrected chi connectivity index (χ2v) is 6.66. The summed E-state index contributed by atoms with van der Waals surface area (Å²) in [6, 6.07) is 9.11. The number of rotatable bonds is 5. The van der Waals surface area contributed by atoms with Crippen LogP contribution in [0, 0.1) is 0 Å². The van der Waals surface area contributed by atoms with Gasteiger partial charge < -0.3 is 5.32 Å². The lowest BCUT2D eigenvalue weighted by Gasteiger charge is -2.25. The predicted molar refractivity (Wildman–Crippen MR) is 84.4 cm³/mol. The maximum atomic E-state index is 3.50. The summed E-state index contributed by atoms with van der Waals surface area (Å²) in [4.78, 5) is 0. The Morgan fingerprint density at radius 3 is 2.37 bits per heavy atom. The third kappa shape index (κ3) is 4.83. The molecule has 0 aromatic heterocycles. The van der Waals surface area contributed by atoms with Crippen LogP contribution in [-0.4, -0.2) is 12.1 Å². The molecule has 0 amide bonds. The molecule has 0 unspecified atom stereocenters. The van der Waals surface area contributed by atoms with Crippen molar-refractivity contribution in [3.05, 3.63) is 41.5 Å². The van der Waals surface area contributed by atoms with Gasteiger partial charge in [-0.3, -0.25) is 0 Å². The first-order valence-electron chi connectivity index (χ1n) is 7.56. The number of hydrogen-bond donors (Lipinski definition) is 1. The van der Waals surface area contributed by atoms with Crippen LogP contribution >= 0.6 is 0 Å². The molecule has 19 heavy (non-hydrogen) atoms. The van der Waals surface area contributed by atoms with Crippen molar-refractivity contribution in [2.24, 2.45) is 0 Å². The molecule has 1 N–H and O–H groups in total. The fourth-order valence-corrected chi connectivity index (χ4v) is 2.37. The first kappa shape index (κ1) is 14.3. The standard InChI is InChI=1S/C18H27N/c1-18(2,3)19-14-5-4-7-15-10-12-17(13-11-15)16-8-6-9-16/h4,7,10-13,16,19H,5-6,8-9,14H2,1-3H3/b7-4+. The maximum Gasteiger partial charge on any atom is 0.00966 e. The second-order valence-electron chi connectivity index (χ2n) is 6.66. The van der Waals surface area contributed by atoms with E-state index in [1.54, 1.807) is 0 Å².